The molecule has 0 spiro atoms. The second kappa shape index (κ2) is 7.27. The highest BCUT2D eigenvalue weighted by atomic mass is 16.5. The second-order valence-electron chi connectivity index (χ2n) is 5.74. The maximum absolute atomic E-state index is 12.5. The number of carbonyl (C=O) groups is 2. The molecule has 8 heteroatoms. The maximum Gasteiger partial charge on any atom is 0.323 e. The van der Waals surface area contributed by atoms with Crippen molar-refractivity contribution in [3.63, 3.8) is 0 Å². The van der Waals surface area contributed by atoms with Gasteiger partial charge in [-0.3, -0.25) is 10.1 Å². The molecule has 2 heterocycles. The first-order chi connectivity index (χ1) is 12.1. The van der Waals surface area contributed by atoms with Crippen LogP contribution in [0.3, 0.4) is 0 Å². The Morgan fingerprint density at radius 2 is 2.20 bits per heavy atom. The molecule has 0 radical (unpaired) electrons. The van der Waals surface area contributed by atoms with Gasteiger partial charge in [0.1, 0.15) is 12.1 Å². The Hall–Kier alpha value is -3.00. The number of amides is 3. The van der Waals surface area contributed by atoms with E-state index < -0.39 is 5.91 Å². The zero-order chi connectivity index (χ0) is 17.8. The lowest BCUT2D eigenvalue weighted by Crippen LogP contribution is -2.39. The number of primary amides is 1. The van der Waals surface area contributed by atoms with E-state index in [4.69, 9.17) is 10.5 Å². The quantitative estimate of drug-likeness (QED) is 0.871. The molecule has 1 aliphatic rings. The van der Waals surface area contributed by atoms with Crippen LogP contribution in [0.1, 0.15) is 27.2 Å². The van der Waals surface area contributed by atoms with Crippen molar-refractivity contribution >= 4 is 17.8 Å². The van der Waals surface area contributed by atoms with E-state index in [9.17, 15) is 9.59 Å². The van der Waals surface area contributed by atoms with Crippen LogP contribution in [0.2, 0.25) is 0 Å². The monoisotopic (exact) mass is 341 g/mol. The largest absolute Gasteiger partial charge is 0.378 e. The van der Waals surface area contributed by atoms with Crippen LogP contribution in [-0.2, 0) is 24.3 Å². The van der Waals surface area contributed by atoms with Crippen LogP contribution in [0.4, 0.5) is 10.6 Å². The molecular weight excluding hydrogens is 322 g/mol. The first-order valence-corrected chi connectivity index (χ1v) is 7.85. The molecule has 1 aliphatic heterocycles. The minimum atomic E-state index is -0.443. The first-order valence-electron chi connectivity index (χ1n) is 7.85. The predicted molar refractivity (Wildman–Crippen MR) is 90.8 cm³/mol. The number of methoxy groups -OCH3 is 1. The first kappa shape index (κ1) is 16.8. The van der Waals surface area contributed by atoms with Gasteiger partial charge in [0.15, 0.2) is 0 Å². The molecule has 2 aromatic rings. The lowest BCUT2D eigenvalue weighted by molar-refractivity contribution is 0.0999. The summed E-state index contributed by atoms with van der Waals surface area (Å²) in [6.45, 7) is 1.26. The van der Waals surface area contributed by atoms with Crippen molar-refractivity contribution in [2.75, 3.05) is 19.0 Å². The SMILES string of the molecule is COCc1cc(NC(=O)N2CCc3c(cccc3C(N)=O)C2)ncn1. The van der Waals surface area contributed by atoms with Crippen LogP contribution in [0.25, 0.3) is 0 Å². The van der Waals surface area contributed by atoms with Gasteiger partial charge in [0.2, 0.25) is 5.91 Å². The number of aromatic nitrogens is 2. The molecule has 8 nitrogen and oxygen atoms in total. The number of ether oxygens (including phenoxy) is 1. The van der Waals surface area contributed by atoms with Crippen molar-refractivity contribution in [1.29, 1.82) is 0 Å². The molecule has 1 aromatic heterocycles. The smallest absolute Gasteiger partial charge is 0.323 e. The molecule has 0 fully saturated rings. The Kier molecular flexibility index (Phi) is 4.90. The van der Waals surface area contributed by atoms with E-state index in [1.807, 2.05) is 6.07 Å². The van der Waals surface area contributed by atoms with Gasteiger partial charge < -0.3 is 15.4 Å². The van der Waals surface area contributed by atoms with Gasteiger partial charge in [0.05, 0.1) is 12.3 Å². The van der Waals surface area contributed by atoms with Gasteiger partial charge in [0.25, 0.3) is 0 Å². The second-order valence-corrected chi connectivity index (χ2v) is 5.74. The molecule has 3 amide bonds. The summed E-state index contributed by atoms with van der Waals surface area (Å²) in [6, 6.07) is 6.82. The molecule has 0 atom stereocenters. The summed E-state index contributed by atoms with van der Waals surface area (Å²) in [5.41, 5.74) is 8.48. The van der Waals surface area contributed by atoms with Crippen molar-refractivity contribution in [3.8, 4) is 0 Å². The van der Waals surface area contributed by atoms with E-state index >= 15 is 0 Å². The van der Waals surface area contributed by atoms with Gasteiger partial charge >= 0.3 is 6.03 Å². The Balaban J connectivity index is 1.72. The summed E-state index contributed by atoms with van der Waals surface area (Å²) in [4.78, 5) is 33.8. The number of benzene rings is 1. The molecule has 0 saturated carbocycles. The van der Waals surface area contributed by atoms with Crippen LogP contribution in [0, 0.1) is 0 Å². The van der Waals surface area contributed by atoms with Gasteiger partial charge in [-0.2, -0.15) is 0 Å². The Bertz CT molecular complexity index is 809. The summed E-state index contributed by atoms with van der Waals surface area (Å²) < 4.78 is 5.02. The molecular formula is C17H19N5O3. The zero-order valence-corrected chi connectivity index (χ0v) is 13.9. The number of urea groups is 1. The molecule has 130 valence electrons. The van der Waals surface area contributed by atoms with Crippen LogP contribution >= 0.6 is 0 Å². The summed E-state index contributed by atoms with van der Waals surface area (Å²) in [5.74, 6) is -0.0230. The maximum atomic E-state index is 12.5. The average Bonchev–Trinajstić information content (AvgIpc) is 2.61. The number of nitrogens with one attached hydrogen (secondary N) is 1. The normalized spacial score (nSPS) is 13.2. The molecule has 0 bridgehead atoms. The highest BCUT2D eigenvalue weighted by molar-refractivity contribution is 5.95. The fourth-order valence-corrected chi connectivity index (χ4v) is 2.90. The van der Waals surface area contributed by atoms with E-state index in [2.05, 4.69) is 15.3 Å². The van der Waals surface area contributed by atoms with Crippen molar-refractivity contribution in [3.05, 3.63) is 53.0 Å². The lowest BCUT2D eigenvalue weighted by atomic mass is 9.94. The number of nitrogens with two attached hydrogens (primary N) is 1. The molecule has 3 N–H and O–H groups in total. The third kappa shape index (κ3) is 3.74. The van der Waals surface area contributed by atoms with Crippen LogP contribution in [-0.4, -0.2) is 40.5 Å². The number of rotatable bonds is 4. The number of hydrogen-bond donors (Lipinski definition) is 2. The summed E-state index contributed by atoms with van der Waals surface area (Å²) in [5, 5.41) is 2.77. The van der Waals surface area contributed by atoms with Crippen LogP contribution in [0.5, 0.6) is 0 Å². The summed E-state index contributed by atoms with van der Waals surface area (Å²) in [7, 11) is 1.58. The van der Waals surface area contributed by atoms with Crippen molar-refractivity contribution in [2.24, 2.45) is 5.73 Å². The van der Waals surface area contributed by atoms with E-state index in [0.717, 1.165) is 11.1 Å². The minimum absolute atomic E-state index is 0.253. The Morgan fingerprint density at radius 1 is 1.36 bits per heavy atom. The molecule has 0 aliphatic carbocycles. The number of hydrogen-bond acceptors (Lipinski definition) is 5. The molecule has 3 rings (SSSR count). The standard InChI is InChI=1S/C17H19N5O3/c1-25-9-12-7-15(20-10-19-12)21-17(24)22-6-5-13-11(8-22)3-2-4-14(13)16(18)23/h2-4,7,10H,5-6,8-9H2,1H3,(H2,18,23)(H,19,20,21,24). The number of anilines is 1. The third-order valence-corrected chi connectivity index (χ3v) is 4.07. The molecule has 0 unspecified atom stereocenters. The molecule has 1 aromatic carbocycles. The van der Waals surface area contributed by atoms with Gasteiger partial charge in [-0.1, -0.05) is 12.1 Å². The van der Waals surface area contributed by atoms with E-state index in [1.54, 1.807) is 30.2 Å². The molecule has 0 saturated heterocycles. The van der Waals surface area contributed by atoms with Gasteiger partial charge in [-0.15, -0.1) is 0 Å². The van der Waals surface area contributed by atoms with Gasteiger partial charge in [0, 0.05) is 31.8 Å². The highest BCUT2D eigenvalue weighted by Crippen LogP contribution is 2.23. The third-order valence-electron chi connectivity index (χ3n) is 4.07. The van der Waals surface area contributed by atoms with Crippen LogP contribution in [0.15, 0.2) is 30.6 Å². The van der Waals surface area contributed by atoms with Crippen molar-refractivity contribution in [2.45, 2.75) is 19.6 Å². The fraction of sp³-hybridized carbons (Fsp3) is 0.294. The number of nitrogens with zero attached hydrogens (tertiary/aromatic N) is 3. The number of fused-ring (bicyclic) bond motifs is 1. The highest BCUT2D eigenvalue weighted by Gasteiger charge is 2.24. The van der Waals surface area contributed by atoms with Crippen molar-refractivity contribution < 1.29 is 14.3 Å². The van der Waals surface area contributed by atoms with E-state index in [0.29, 0.717) is 43.2 Å². The zero-order valence-electron chi connectivity index (χ0n) is 13.9. The average molecular weight is 341 g/mol. The predicted octanol–water partition coefficient (Wildman–Crippen LogP) is 1.31. The van der Waals surface area contributed by atoms with Crippen LogP contribution < -0.4 is 11.1 Å². The summed E-state index contributed by atoms with van der Waals surface area (Å²) >= 11 is 0. The van der Waals surface area contributed by atoms with Gasteiger partial charge in [-0.05, 0) is 23.6 Å². The number of carbonyl (C=O) groups excluding carboxylic acids is 2. The fourth-order valence-electron chi connectivity index (χ4n) is 2.90. The Morgan fingerprint density at radius 3 is 2.96 bits per heavy atom. The summed E-state index contributed by atoms with van der Waals surface area (Å²) in [6.07, 6.45) is 1.97. The molecule has 25 heavy (non-hydrogen) atoms. The van der Waals surface area contributed by atoms with Gasteiger partial charge in [-0.25, -0.2) is 14.8 Å². The topological polar surface area (TPSA) is 110 Å². The minimum Gasteiger partial charge on any atom is -0.378 e. The van der Waals surface area contributed by atoms with E-state index in [-0.39, 0.29) is 6.03 Å². The van der Waals surface area contributed by atoms with Crippen molar-refractivity contribution in [1.82, 2.24) is 14.9 Å². The van der Waals surface area contributed by atoms with E-state index in [1.165, 1.54) is 6.33 Å². The Labute approximate surface area is 145 Å². The lowest BCUT2D eigenvalue weighted by Gasteiger charge is -2.29.